The van der Waals surface area contributed by atoms with Crippen molar-refractivity contribution < 1.29 is 32.9 Å². The Bertz CT molecular complexity index is 1830. The maximum atomic E-state index is 13.1. The van der Waals surface area contributed by atoms with Crippen LogP contribution in [0.1, 0.15) is 373 Å². The second-order valence-electron chi connectivity index (χ2n) is 28.0. The molecular weight excluding hydrogens is 1150 g/mol. The molecule has 2 N–H and O–H groups in total. The van der Waals surface area contributed by atoms with E-state index in [-0.39, 0.29) is 12.5 Å². The molecule has 8 nitrogen and oxygen atoms in total. The van der Waals surface area contributed by atoms with Gasteiger partial charge in [0, 0.05) is 6.42 Å². The number of nitrogens with one attached hydrogen (secondary N) is 1. The number of allylic oxidation sites excluding steroid dienone is 15. The van der Waals surface area contributed by atoms with Crippen molar-refractivity contribution >= 4 is 13.7 Å². The molecule has 0 bridgehead atoms. The number of likely N-dealkylation sites (N-methyl/N-ethyl adjacent to an activating group) is 1. The van der Waals surface area contributed by atoms with Gasteiger partial charge in [0.1, 0.15) is 13.2 Å². The molecule has 0 saturated heterocycles. The number of nitrogens with zero attached hydrogens (tertiary/aromatic N) is 1. The van der Waals surface area contributed by atoms with E-state index in [0.717, 1.165) is 77.0 Å². The normalized spacial score (nSPS) is 14.0. The first-order chi connectivity index (χ1) is 45.0. The van der Waals surface area contributed by atoms with E-state index in [2.05, 4.69) is 104 Å². The molecule has 0 fully saturated rings. The molecule has 0 aliphatic rings. The molecule has 536 valence electrons. The van der Waals surface area contributed by atoms with E-state index >= 15 is 0 Å². The second kappa shape index (κ2) is 72.7. The van der Waals surface area contributed by atoms with Crippen LogP contribution in [0.4, 0.5) is 0 Å². The first-order valence-corrected chi connectivity index (χ1v) is 41.1. The maximum absolute atomic E-state index is 13.1. The van der Waals surface area contributed by atoms with E-state index in [9.17, 15) is 19.4 Å². The fourth-order valence-corrected chi connectivity index (χ4v) is 12.4. The molecule has 0 aliphatic carbocycles. The quantitative estimate of drug-likeness (QED) is 0.0272. The number of hydrogen-bond acceptors (Lipinski definition) is 6. The Kier molecular flexibility index (Phi) is 70.6. The molecule has 1 amide bonds. The Balaban J connectivity index is 3.99. The predicted octanol–water partition coefficient (Wildman–Crippen LogP) is 25.4. The summed E-state index contributed by atoms with van der Waals surface area (Å²) in [6, 6.07) is -0.914. The van der Waals surface area contributed by atoms with Crippen LogP contribution < -0.4 is 10.2 Å². The number of carbonyl (C=O) groups is 1. The molecule has 0 aliphatic heterocycles. The van der Waals surface area contributed by atoms with Gasteiger partial charge in [-0.05, 0) is 89.9 Å². The van der Waals surface area contributed by atoms with Crippen molar-refractivity contribution in [2.75, 3.05) is 40.9 Å². The molecule has 9 heteroatoms. The van der Waals surface area contributed by atoms with E-state index in [1.807, 2.05) is 27.2 Å². The zero-order valence-electron chi connectivity index (χ0n) is 61.5. The molecule has 0 rings (SSSR count). The summed E-state index contributed by atoms with van der Waals surface area (Å²) in [6.07, 6.45) is 106. The SMILES string of the molecule is CC/C=C\C/C=C\C/C=C\C/C=C\C/C=C\CCCCCCCCCCCCCCCCCCCCCCCCCCCC(=O)NC(COP(=O)([O-])OCC[N+](C)(C)C)C(O)/C=C/CC/C=C/CC/C=C/CCCCCCCCCCCCCCCCCCCCC. The van der Waals surface area contributed by atoms with Gasteiger partial charge < -0.3 is 28.8 Å². The minimum Gasteiger partial charge on any atom is -0.756 e. The van der Waals surface area contributed by atoms with Crippen LogP contribution in [0.15, 0.2) is 97.2 Å². The van der Waals surface area contributed by atoms with Crippen molar-refractivity contribution in [1.82, 2.24) is 5.32 Å². The first-order valence-electron chi connectivity index (χ1n) is 39.6. The van der Waals surface area contributed by atoms with Gasteiger partial charge in [0.25, 0.3) is 7.82 Å². The molecular formula is C83H153N2O6P. The standard InChI is InChI=1S/C83H153N2O6P/c1-6-8-10-12-14-16-18-20-22-24-26-28-30-32-34-36-37-38-39-40-41-42-43-44-45-46-47-49-51-53-55-57-59-61-63-65-67-69-71-73-75-77-83(87)84-81(80-91-92(88,89)90-79-78-85(3,4)5)82(86)76-74-72-70-68-66-64-62-60-58-56-54-52-50-48-35-33-31-29-27-25-23-21-19-17-15-13-11-9-7-2/h8,10,14,16,20,22,26,28,32,34,58,60,66,68,74,76,81-82,86H,6-7,9,11-13,15,17-19,21,23-25,27,29-31,33,35-57,59,61-65,67,69-73,75,77-80H2,1-5H3,(H-,84,87,88,89)/b10-8-,16-14-,22-20-,28-26-,34-32-,60-58+,68-66+,76-74+. The van der Waals surface area contributed by atoms with Crippen LogP contribution >= 0.6 is 7.82 Å². The predicted molar refractivity (Wildman–Crippen MR) is 403 cm³/mol. The van der Waals surface area contributed by atoms with Crippen molar-refractivity contribution in [1.29, 1.82) is 0 Å². The van der Waals surface area contributed by atoms with Crippen LogP contribution in [0, 0.1) is 0 Å². The topological polar surface area (TPSA) is 108 Å². The van der Waals surface area contributed by atoms with Gasteiger partial charge >= 0.3 is 0 Å². The third-order valence-corrected chi connectivity index (χ3v) is 18.7. The van der Waals surface area contributed by atoms with E-state index < -0.39 is 26.6 Å². The Morgan fingerprint density at radius 1 is 0.391 bits per heavy atom. The highest BCUT2D eigenvalue weighted by Crippen LogP contribution is 2.38. The third-order valence-electron chi connectivity index (χ3n) is 17.8. The van der Waals surface area contributed by atoms with Gasteiger partial charge in [0.05, 0.1) is 39.9 Å². The van der Waals surface area contributed by atoms with E-state index in [1.165, 1.54) is 276 Å². The number of hydrogen-bond donors (Lipinski definition) is 2. The van der Waals surface area contributed by atoms with Crippen LogP contribution in [0.25, 0.3) is 0 Å². The molecule has 3 atom stereocenters. The highest BCUT2D eigenvalue weighted by atomic mass is 31.2. The van der Waals surface area contributed by atoms with Crippen molar-refractivity contribution in [2.45, 2.75) is 386 Å². The largest absolute Gasteiger partial charge is 0.756 e. The number of quaternary nitrogens is 1. The molecule has 0 aromatic heterocycles. The summed E-state index contributed by atoms with van der Waals surface area (Å²) < 4.78 is 23.5. The van der Waals surface area contributed by atoms with Crippen molar-refractivity contribution in [3.05, 3.63) is 97.2 Å². The number of aliphatic hydroxyl groups excluding tert-OH is 1. The minimum absolute atomic E-state index is 0.00978. The molecule has 92 heavy (non-hydrogen) atoms. The zero-order valence-corrected chi connectivity index (χ0v) is 62.4. The highest BCUT2D eigenvalue weighted by Gasteiger charge is 2.23. The smallest absolute Gasteiger partial charge is 0.268 e. The zero-order chi connectivity index (χ0) is 66.9. The Labute approximate surface area is 572 Å². The van der Waals surface area contributed by atoms with Gasteiger partial charge in [-0.25, -0.2) is 0 Å². The molecule has 0 spiro atoms. The first kappa shape index (κ1) is 89.4. The summed E-state index contributed by atoms with van der Waals surface area (Å²) in [6.45, 7) is 4.55. The summed E-state index contributed by atoms with van der Waals surface area (Å²) in [7, 11) is 1.24. The lowest BCUT2D eigenvalue weighted by Gasteiger charge is -2.29. The number of rotatable bonds is 73. The average Bonchev–Trinajstić information content (AvgIpc) is 2.63. The van der Waals surface area contributed by atoms with Crippen LogP contribution in [-0.2, 0) is 18.4 Å². The fourth-order valence-electron chi connectivity index (χ4n) is 11.7. The minimum atomic E-state index is -4.62. The Morgan fingerprint density at radius 3 is 1.01 bits per heavy atom. The maximum Gasteiger partial charge on any atom is 0.268 e. The monoisotopic (exact) mass is 1310 g/mol. The lowest BCUT2D eigenvalue weighted by atomic mass is 10.0. The highest BCUT2D eigenvalue weighted by molar-refractivity contribution is 7.45. The van der Waals surface area contributed by atoms with Gasteiger partial charge in [-0.2, -0.15) is 0 Å². The molecule has 3 unspecified atom stereocenters. The number of carbonyl (C=O) groups excluding carboxylic acids is 1. The van der Waals surface area contributed by atoms with Crippen molar-refractivity contribution in [3.63, 3.8) is 0 Å². The number of unbranched alkanes of at least 4 members (excludes halogenated alkanes) is 46. The summed E-state index contributed by atoms with van der Waals surface area (Å²) in [4.78, 5) is 25.7. The van der Waals surface area contributed by atoms with Gasteiger partial charge in [0.15, 0.2) is 0 Å². The second-order valence-corrected chi connectivity index (χ2v) is 29.4. The van der Waals surface area contributed by atoms with Gasteiger partial charge in [-0.3, -0.25) is 9.36 Å². The van der Waals surface area contributed by atoms with E-state index in [1.54, 1.807) is 6.08 Å². The number of phosphoric acid groups is 1. The summed E-state index contributed by atoms with van der Waals surface area (Å²) >= 11 is 0. The lowest BCUT2D eigenvalue weighted by Crippen LogP contribution is -2.45. The average molecular weight is 1310 g/mol. The Morgan fingerprint density at radius 2 is 0.674 bits per heavy atom. The fraction of sp³-hybridized carbons (Fsp3) is 0.795. The van der Waals surface area contributed by atoms with Crippen molar-refractivity contribution in [2.24, 2.45) is 0 Å². The van der Waals surface area contributed by atoms with Crippen LogP contribution in [-0.4, -0.2) is 68.5 Å². The van der Waals surface area contributed by atoms with Crippen molar-refractivity contribution in [3.8, 4) is 0 Å². The summed E-state index contributed by atoms with van der Waals surface area (Å²) in [5, 5.41) is 14.0. The van der Waals surface area contributed by atoms with Crippen LogP contribution in [0.2, 0.25) is 0 Å². The lowest BCUT2D eigenvalue weighted by molar-refractivity contribution is -0.870. The van der Waals surface area contributed by atoms with E-state index in [0.29, 0.717) is 17.4 Å². The number of aliphatic hydroxyl groups is 1. The van der Waals surface area contributed by atoms with Crippen LogP contribution in [0.5, 0.6) is 0 Å². The number of phosphoric ester groups is 1. The van der Waals surface area contributed by atoms with E-state index in [4.69, 9.17) is 9.05 Å². The Hall–Kier alpha value is -2.58. The molecule has 0 heterocycles. The summed E-state index contributed by atoms with van der Waals surface area (Å²) in [5.41, 5.74) is 0. The van der Waals surface area contributed by atoms with Gasteiger partial charge in [-0.15, -0.1) is 0 Å². The number of amides is 1. The van der Waals surface area contributed by atoms with Gasteiger partial charge in [-0.1, -0.05) is 374 Å². The summed E-state index contributed by atoms with van der Waals surface area (Å²) in [5.74, 6) is -0.206. The molecule has 0 radical (unpaired) electrons. The van der Waals surface area contributed by atoms with Gasteiger partial charge in [0.2, 0.25) is 5.91 Å². The molecule has 0 saturated carbocycles. The third kappa shape index (κ3) is 74.8. The molecule has 0 aromatic rings. The van der Waals surface area contributed by atoms with Crippen LogP contribution in [0.3, 0.4) is 0 Å². The molecule has 0 aromatic carbocycles.